The van der Waals surface area contributed by atoms with Crippen molar-refractivity contribution in [1.82, 2.24) is 10.2 Å². The number of hydrogen-bond donors (Lipinski definition) is 1. The average Bonchev–Trinajstić information content (AvgIpc) is 3.26. The van der Waals surface area contributed by atoms with Gasteiger partial charge in [-0.05, 0) is 38.2 Å². The maximum atomic E-state index is 13.2. The van der Waals surface area contributed by atoms with Gasteiger partial charge in [-0.2, -0.15) is 0 Å². The van der Waals surface area contributed by atoms with Crippen LogP contribution in [0, 0.1) is 11.8 Å². The van der Waals surface area contributed by atoms with Crippen LogP contribution >= 0.6 is 11.8 Å². The highest BCUT2D eigenvalue weighted by Crippen LogP contribution is 2.33. The second-order valence-electron chi connectivity index (χ2n) is 6.67. The molecule has 1 fully saturated rings. The van der Waals surface area contributed by atoms with E-state index in [0.29, 0.717) is 24.6 Å². The minimum absolute atomic E-state index is 0.539. The monoisotopic (exact) mass is 371 g/mol. The van der Waals surface area contributed by atoms with Gasteiger partial charge in [0.15, 0.2) is 0 Å². The highest BCUT2D eigenvalue weighted by molar-refractivity contribution is 8.04. The Balaban J connectivity index is 1.51. The summed E-state index contributed by atoms with van der Waals surface area (Å²) in [5, 5.41) is 3.81. The fourth-order valence-corrected chi connectivity index (χ4v) is 4.38. The number of amidine groups is 1. The van der Waals surface area contributed by atoms with Gasteiger partial charge in [0.2, 0.25) is 0 Å². The van der Waals surface area contributed by atoms with Crippen molar-refractivity contribution < 1.29 is 4.39 Å². The molecule has 0 saturated carbocycles. The van der Waals surface area contributed by atoms with Crippen LogP contribution in [0.1, 0.15) is 26.2 Å². The van der Waals surface area contributed by atoms with E-state index in [0.717, 1.165) is 48.1 Å². The number of alkyl halides is 1. The zero-order valence-corrected chi connectivity index (χ0v) is 16.1. The SMILES string of the molecule is C=CC/N=C1/NC(C#CC2=CCC(CN3CCC(F)CC3)S2)=C/C1=C/C. The van der Waals surface area contributed by atoms with Crippen LogP contribution in [0.4, 0.5) is 4.39 Å². The molecule has 5 heteroatoms. The zero-order chi connectivity index (χ0) is 18.4. The van der Waals surface area contributed by atoms with Gasteiger partial charge in [0.05, 0.1) is 17.1 Å². The molecule has 0 radical (unpaired) electrons. The minimum atomic E-state index is -0.601. The maximum Gasteiger partial charge on any atom is 0.133 e. The third kappa shape index (κ3) is 5.12. The molecular formula is C21H26FN3S. The van der Waals surface area contributed by atoms with Gasteiger partial charge >= 0.3 is 0 Å². The number of likely N-dealkylation sites (tertiary alicyclic amines) is 1. The van der Waals surface area contributed by atoms with Gasteiger partial charge < -0.3 is 10.2 Å². The molecule has 3 nitrogen and oxygen atoms in total. The van der Waals surface area contributed by atoms with E-state index < -0.39 is 6.17 Å². The van der Waals surface area contributed by atoms with Gasteiger partial charge in [0.1, 0.15) is 12.0 Å². The first-order valence-corrected chi connectivity index (χ1v) is 10.1. The number of nitrogens with zero attached hydrogens (tertiary/aromatic N) is 2. The molecule has 26 heavy (non-hydrogen) atoms. The third-order valence-electron chi connectivity index (χ3n) is 4.67. The molecule has 1 saturated heterocycles. The van der Waals surface area contributed by atoms with Crippen LogP contribution in [0.3, 0.4) is 0 Å². The van der Waals surface area contributed by atoms with E-state index in [-0.39, 0.29) is 0 Å². The Kier molecular flexibility index (Phi) is 6.76. The van der Waals surface area contributed by atoms with Crippen molar-refractivity contribution in [2.45, 2.75) is 37.6 Å². The molecule has 0 aromatic heterocycles. The molecule has 138 valence electrons. The van der Waals surface area contributed by atoms with Gasteiger partial charge in [-0.15, -0.1) is 18.3 Å². The smallest absolute Gasteiger partial charge is 0.133 e. The number of rotatable bonds is 4. The Morgan fingerprint density at radius 2 is 2.23 bits per heavy atom. The maximum absolute atomic E-state index is 13.2. The van der Waals surface area contributed by atoms with Crippen molar-refractivity contribution in [3.05, 3.63) is 47.1 Å². The molecular weight excluding hydrogens is 345 g/mol. The summed E-state index contributed by atoms with van der Waals surface area (Å²) in [6.45, 7) is 9.09. The molecule has 0 aliphatic carbocycles. The molecule has 3 rings (SSSR count). The molecule has 1 N–H and O–H groups in total. The normalized spacial score (nSPS) is 27.1. The number of aliphatic imine (C=N–C) groups is 1. The number of thioether (sulfide) groups is 1. The van der Waals surface area contributed by atoms with Crippen molar-refractivity contribution >= 4 is 17.6 Å². The van der Waals surface area contributed by atoms with Crippen molar-refractivity contribution in [3.63, 3.8) is 0 Å². The van der Waals surface area contributed by atoms with Gasteiger partial charge in [-0.3, -0.25) is 4.99 Å². The van der Waals surface area contributed by atoms with Crippen molar-refractivity contribution in [2.24, 2.45) is 4.99 Å². The summed E-state index contributed by atoms with van der Waals surface area (Å²) in [6.07, 6.45) is 9.88. The topological polar surface area (TPSA) is 27.6 Å². The minimum Gasteiger partial charge on any atom is -0.333 e. The summed E-state index contributed by atoms with van der Waals surface area (Å²) in [4.78, 5) is 7.98. The molecule has 3 heterocycles. The largest absolute Gasteiger partial charge is 0.333 e. The summed E-state index contributed by atoms with van der Waals surface area (Å²) >= 11 is 1.85. The van der Waals surface area contributed by atoms with E-state index in [4.69, 9.17) is 0 Å². The molecule has 0 aromatic rings. The van der Waals surface area contributed by atoms with Gasteiger partial charge in [0.25, 0.3) is 0 Å². The molecule has 0 amide bonds. The summed E-state index contributed by atoms with van der Waals surface area (Å²) in [5.74, 6) is 7.37. The summed E-state index contributed by atoms with van der Waals surface area (Å²) in [5.41, 5.74) is 1.95. The van der Waals surface area contributed by atoms with Gasteiger partial charge in [-0.25, -0.2) is 4.39 Å². The van der Waals surface area contributed by atoms with Gasteiger partial charge in [0, 0.05) is 30.5 Å². The van der Waals surface area contributed by atoms with E-state index in [2.05, 4.69) is 39.7 Å². The predicted molar refractivity (Wildman–Crippen MR) is 110 cm³/mol. The summed E-state index contributed by atoms with van der Waals surface area (Å²) < 4.78 is 13.2. The Labute approximate surface area is 160 Å². The van der Waals surface area contributed by atoms with Crippen LogP contribution in [0.15, 0.2) is 52.1 Å². The lowest BCUT2D eigenvalue weighted by Crippen LogP contribution is -2.38. The Morgan fingerprint density at radius 3 is 2.96 bits per heavy atom. The average molecular weight is 372 g/mol. The molecule has 0 spiro atoms. The first kappa shape index (κ1) is 19.0. The number of nitrogens with one attached hydrogen (secondary N) is 1. The lowest BCUT2D eigenvalue weighted by atomic mass is 10.1. The van der Waals surface area contributed by atoms with Crippen LogP contribution in [-0.4, -0.2) is 48.3 Å². The standard InChI is InChI=1S/C21H26FN3S/c1-3-11-23-21-16(4-2)14-18(24-21)5-6-19-7-8-20(26-19)15-25-12-9-17(22)10-13-25/h3-4,7,14,17,20H,1,8-13,15H2,2H3,(H,23,24)/b16-4-. The van der Waals surface area contributed by atoms with Crippen LogP contribution in [-0.2, 0) is 0 Å². The number of hydrogen-bond acceptors (Lipinski definition) is 3. The second-order valence-corrected chi connectivity index (χ2v) is 8.02. The van der Waals surface area contributed by atoms with Crippen molar-refractivity contribution in [2.75, 3.05) is 26.2 Å². The highest BCUT2D eigenvalue weighted by Gasteiger charge is 2.24. The van der Waals surface area contributed by atoms with E-state index in [1.807, 2.05) is 30.8 Å². The number of halogens is 1. The Bertz CT molecular complexity index is 715. The van der Waals surface area contributed by atoms with E-state index in [1.165, 1.54) is 0 Å². The van der Waals surface area contributed by atoms with Crippen molar-refractivity contribution in [1.29, 1.82) is 0 Å². The first-order chi connectivity index (χ1) is 12.7. The first-order valence-electron chi connectivity index (χ1n) is 9.24. The fourth-order valence-electron chi connectivity index (χ4n) is 3.24. The lowest BCUT2D eigenvalue weighted by Gasteiger charge is -2.30. The molecule has 1 unspecified atom stereocenters. The highest BCUT2D eigenvalue weighted by atomic mass is 32.2. The lowest BCUT2D eigenvalue weighted by molar-refractivity contribution is 0.151. The second kappa shape index (κ2) is 9.25. The Hall–Kier alpha value is -1.77. The third-order valence-corrected chi connectivity index (χ3v) is 5.87. The summed E-state index contributed by atoms with van der Waals surface area (Å²) in [7, 11) is 0. The molecule has 0 aromatic carbocycles. The summed E-state index contributed by atoms with van der Waals surface area (Å²) in [6, 6.07) is 0. The van der Waals surface area contributed by atoms with Crippen LogP contribution in [0.2, 0.25) is 0 Å². The Morgan fingerprint density at radius 1 is 1.42 bits per heavy atom. The van der Waals surface area contributed by atoms with Gasteiger partial charge in [-0.1, -0.05) is 24.1 Å². The molecule has 3 aliphatic heterocycles. The van der Waals surface area contributed by atoms with Crippen LogP contribution < -0.4 is 5.32 Å². The number of piperidine rings is 1. The molecule has 3 aliphatic rings. The zero-order valence-electron chi connectivity index (χ0n) is 15.3. The van der Waals surface area contributed by atoms with Crippen molar-refractivity contribution in [3.8, 4) is 11.8 Å². The fraction of sp³-hybridized carbons (Fsp3) is 0.476. The molecule has 1 atom stereocenters. The van der Waals surface area contributed by atoms with E-state index in [9.17, 15) is 4.39 Å². The van der Waals surface area contributed by atoms with E-state index in [1.54, 1.807) is 6.08 Å². The molecule has 0 bridgehead atoms. The van der Waals surface area contributed by atoms with E-state index >= 15 is 0 Å². The van der Waals surface area contributed by atoms with Crippen LogP contribution in [0.25, 0.3) is 0 Å². The quantitative estimate of drug-likeness (QED) is 0.601. The number of allylic oxidation sites excluding steroid dienone is 4. The van der Waals surface area contributed by atoms with Crippen LogP contribution in [0.5, 0.6) is 0 Å². The predicted octanol–water partition coefficient (Wildman–Crippen LogP) is 3.83.